The normalized spacial score (nSPS) is 12.7. The SMILES string of the molecule is CCC(c1nc2ccccc2c(=O)n1-c1ccc(OC)cc1)N(CCCOC)S(=O)(=O)c1cccc2ccccc12. The molecule has 8 nitrogen and oxygen atoms in total. The zero-order valence-corrected chi connectivity index (χ0v) is 24.2. The summed E-state index contributed by atoms with van der Waals surface area (Å²) in [4.78, 5) is 19.2. The highest BCUT2D eigenvalue weighted by molar-refractivity contribution is 7.89. The third kappa shape index (κ3) is 5.48. The van der Waals surface area contributed by atoms with Crippen LogP contribution in [-0.4, -0.2) is 49.6 Å². The molecule has 0 aliphatic carbocycles. The van der Waals surface area contributed by atoms with Gasteiger partial charge in [0.2, 0.25) is 10.0 Å². The summed E-state index contributed by atoms with van der Waals surface area (Å²) in [5.74, 6) is 0.992. The summed E-state index contributed by atoms with van der Waals surface area (Å²) in [5.41, 5.74) is 0.811. The van der Waals surface area contributed by atoms with Crippen LogP contribution in [0.1, 0.15) is 31.6 Å². The zero-order valence-electron chi connectivity index (χ0n) is 23.4. The molecule has 0 fully saturated rings. The number of fused-ring (bicyclic) bond motifs is 2. The summed E-state index contributed by atoms with van der Waals surface area (Å²) < 4.78 is 42.7. The molecule has 9 heteroatoms. The molecule has 1 atom stereocenters. The molecule has 0 saturated carbocycles. The van der Waals surface area contributed by atoms with Crippen molar-refractivity contribution in [2.45, 2.75) is 30.7 Å². The molecule has 0 aliphatic heterocycles. The standard InChI is InChI=1S/C32H33N3O5S/c1-4-29(34(21-10-22-39-2)41(37,38)30-16-9-12-23-11-5-6-13-26(23)30)31-33-28-15-8-7-14-27(28)32(36)35(31)24-17-19-25(40-3)20-18-24/h5-9,11-20,29H,4,10,21-22H2,1-3H3. The minimum Gasteiger partial charge on any atom is -0.497 e. The van der Waals surface area contributed by atoms with Gasteiger partial charge in [-0.2, -0.15) is 4.31 Å². The van der Waals surface area contributed by atoms with E-state index in [9.17, 15) is 13.2 Å². The second-order valence-corrected chi connectivity index (χ2v) is 11.5. The first-order valence-corrected chi connectivity index (χ1v) is 15.0. The fourth-order valence-corrected chi connectivity index (χ4v) is 7.14. The molecule has 0 amide bonds. The van der Waals surface area contributed by atoms with Gasteiger partial charge >= 0.3 is 0 Å². The van der Waals surface area contributed by atoms with Crippen LogP contribution in [0, 0.1) is 0 Å². The van der Waals surface area contributed by atoms with Crippen LogP contribution in [0.5, 0.6) is 5.75 Å². The Labute approximate surface area is 239 Å². The maximum absolute atomic E-state index is 14.5. The average Bonchev–Trinajstić information content (AvgIpc) is 3.00. The number of sulfonamides is 1. The number of benzene rings is 4. The minimum absolute atomic E-state index is 0.184. The van der Waals surface area contributed by atoms with Crippen LogP contribution in [0.4, 0.5) is 0 Å². The van der Waals surface area contributed by atoms with Crippen molar-refractivity contribution >= 4 is 31.7 Å². The quantitative estimate of drug-likeness (QED) is 0.188. The molecule has 1 heterocycles. The zero-order chi connectivity index (χ0) is 29.0. The summed E-state index contributed by atoms with van der Waals surface area (Å²) >= 11 is 0. The molecule has 0 radical (unpaired) electrons. The van der Waals surface area contributed by atoms with E-state index in [0.29, 0.717) is 53.0 Å². The van der Waals surface area contributed by atoms with Gasteiger partial charge in [-0.1, -0.05) is 55.5 Å². The van der Waals surface area contributed by atoms with Crippen molar-refractivity contribution in [1.82, 2.24) is 13.9 Å². The van der Waals surface area contributed by atoms with Crippen molar-refractivity contribution in [3.63, 3.8) is 0 Å². The van der Waals surface area contributed by atoms with Crippen LogP contribution >= 0.6 is 0 Å². The molecule has 5 aromatic rings. The van der Waals surface area contributed by atoms with Crippen molar-refractivity contribution in [3.8, 4) is 11.4 Å². The molecule has 0 N–H and O–H groups in total. The van der Waals surface area contributed by atoms with Crippen molar-refractivity contribution in [2.24, 2.45) is 0 Å². The highest BCUT2D eigenvalue weighted by atomic mass is 32.2. The van der Waals surface area contributed by atoms with E-state index in [1.54, 1.807) is 68.8 Å². The molecule has 212 valence electrons. The highest BCUT2D eigenvalue weighted by Gasteiger charge is 2.35. The first kappa shape index (κ1) is 28.5. The molecule has 5 rings (SSSR count). The molecule has 0 spiro atoms. The predicted molar refractivity (Wildman–Crippen MR) is 161 cm³/mol. The van der Waals surface area contributed by atoms with Crippen molar-refractivity contribution in [2.75, 3.05) is 27.4 Å². The third-order valence-corrected chi connectivity index (χ3v) is 9.19. The van der Waals surface area contributed by atoms with Crippen LogP contribution in [-0.2, 0) is 14.8 Å². The highest BCUT2D eigenvalue weighted by Crippen LogP contribution is 2.34. The summed E-state index contributed by atoms with van der Waals surface area (Å²) in [6, 6.07) is 26.2. The van der Waals surface area contributed by atoms with Crippen LogP contribution in [0.3, 0.4) is 0 Å². The first-order chi connectivity index (χ1) is 19.9. The Balaban J connectivity index is 1.75. The van der Waals surface area contributed by atoms with E-state index in [1.807, 2.05) is 43.3 Å². The molecular formula is C32H33N3O5S. The lowest BCUT2D eigenvalue weighted by Gasteiger charge is -2.32. The monoisotopic (exact) mass is 571 g/mol. The van der Waals surface area contributed by atoms with Gasteiger partial charge in [0.15, 0.2) is 0 Å². The molecule has 1 unspecified atom stereocenters. The van der Waals surface area contributed by atoms with Gasteiger partial charge in [0.1, 0.15) is 11.6 Å². The van der Waals surface area contributed by atoms with Crippen LogP contribution < -0.4 is 10.3 Å². The fourth-order valence-electron chi connectivity index (χ4n) is 5.22. The molecular weight excluding hydrogens is 538 g/mol. The van der Waals surface area contributed by atoms with Crippen LogP contribution in [0.2, 0.25) is 0 Å². The molecule has 41 heavy (non-hydrogen) atoms. The molecule has 0 saturated heterocycles. The number of rotatable bonds is 11. The van der Waals surface area contributed by atoms with Gasteiger partial charge in [-0.3, -0.25) is 9.36 Å². The lowest BCUT2D eigenvalue weighted by atomic mass is 10.1. The summed E-state index contributed by atoms with van der Waals surface area (Å²) in [7, 11) is -0.874. The van der Waals surface area contributed by atoms with Crippen molar-refractivity contribution in [1.29, 1.82) is 0 Å². The predicted octanol–water partition coefficient (Wildman–Crippen LogP) is 5.73. The summed E-state index contributed by atoms with van der Waals surface area (Å²) in [6.45, 7) is 2.48. The second-order valence-electron chi connectivity index (χ2n) is 9.69. The number of para-hydroxylation sites is 1. The minimum atomic E-state index is -4.04. The second kappa shape index (κ2) is 12.2. The molecule has 4 aromatic carbocycles. The van der Waals surface area contributed by atoms with E-state index in [2.05, 4.69) is 0 Å². The van der Waals surface area contributed by atoms with E-state index in [1.165, 1.54) is 8.87 Å². The number of hydrogen-bond donors (Lipinski definition) is 0. The lowest BCUT2D eigenvalue weighted by Crippen LogP contribution is -2.39. The maximum Gasteiger partial charge on any atom is 0.266 e. The maximum atomic E-state index is 14.5. The van der Waals surface area contributed by atoms with Crippen molar-refractivity contribution < 1.29 is 17.9 Å². The van der Waals surface area contributed by atoms with Gasteiger partial charge in [-0.15, -0.1) is 0 Å². The summed E-state index contributed by atoms with van der Waals surface area (Å²) in [6.07, 6.45) is 0.856. The third-order valence-electron chi connectivity index (χ3n) is 7.23. The van der Waals surface area contributed by atoms with E-state index < -0.39 is 16.1 Å². The van der Waals surface area contributed by atoms with Gasteiger partial charge in [-0.05, 0) is 60.7 Å². The van der Waals surface area contributed by atoms with Gasteiger partial charge in [0.05, 0.1) is 34.6 Å². The number of hydrogen-bond acceptors (Lipinski definition) is 6. The smallest absolute Gasteiger partial charge is 0.266 e. The van der Waals surface area contributed by atoms with Gasteiger partial charge < -0.3 is 9.47 Å². The largest absolute Gasteiger partial charge is 0.497 e. The Morgan fingerprint density at radius 3 is 2.27 bits per heavy atom. The lowest BCUT2D eigenvalue weighted by molar-refractivity contribution is 0.179. The topological polar surface area (TPSA) is 90.7 Å². The number of nitrogens with zero attached hydrogens (tertiary/aromatic N) is 3. The van der Waals surface area contributed by atoms with E-state index in [-0.39, 0.29) is 17.0 Å². The Bertz CT molecular complexity index is 1830. The first-order valence-electron chi connectivity index (χ1n) is 13.6. The van der Waals surface area contributed by atoms with E-state index in [4.69, 9.17) is 14.5 Å². The van der Waals surface area contributed by atoms with Gasteiger partial charge in [-0.25, -0.2) is 13.4 Å². The number of methoxy groups -OCH3 is 2. The Morgan fingerprint density at radius 1 is 0.878 bits per heavy atom. The Morgan fingerprint density at radius 2 is 1.56 bits per heavy atom. The van der Waals surface area contributed by atoms with E-state index >= 15 is 0 Å². The molecule has 0 bridgehead atoms. The van der Waals surface area contributed by atoms with Gasteiger partial charge in [0, 0.05) is 25.6 Å². The van der Waals surface area contributed by atoms with E-state index in [0.717, 1.165) is 5.39 Å². The molecule has 1 aromatic heterocycles. The van der Waals surface area contributed by atoms with Crippen molar-refractivity contribution in [3.05, 3.63) is 107 Å². The summed E-state index contributed by atoms with van der Waals surface area (Å²) in [5, 5.41) is 1.92. The molecule has 0 aliphatic rings. The Kier molecular flexibility index (Phi) is 8.49. The number of aromatic nitrogens is 2. The van der Waals surface area contributed by atoms with Crippen LogP contribution in [0.25, 0.3) is 27.4 Å². The average molecular weight is 572 g/mol. The van der Waals surface area contributed by atoms with Crippen LogP contribution in [0.15, 0.2) is 101 Å². The Hall–Kier alpha value is -4.05. The fraction of sp³-hybridized carbons (Fsp3) is 0.250. The number of ether oxygens (including phenoxy) is 2. The van der Waals surface area contributed by atoms with Gasteiger partial charge in [0.25, 0.3) is 5.56 Å².